The summed E-state index contributed by atoms with van der Waals surface area (Å²) >= 11 is 0. The minimum absolute atomic E-state index is 0.0371. The standard InChI is InChI=1S/C14H16N6O3/c1-9(21)10-5-4-6-11(7-10)17-13-12(20(22)23)14(16-8-15-13)18-19(2)3/h4-8H,1-3H3,(H2,15,16,17,18). The van der Waals surface area contributed by atoms with Gasteiger partial charge in [0.15, 0.2) is 5.78 Å². The van der Waals surface area contributed by atoms with Crippen LogP contribution in [0.5, 0.6) is 0 Å². The number of hydrazine groups is 1. The second-order valence-corrected chi connectivity index (χ2v) is 4.94. The summed E-state index contributed by atoms with van der Waals surface area (Å²) in [5.74, 6) is 0.0103. The predicted octanol–water partition coefficient (Wildman–Crippen LogP) is 2.22. The van der Waals surface area contributed by atoms with Gasteiger partial charge in [-0.05, 0) is 19.1 Å². The van der Waals surface area contributed by atoms with Gasteiger partial charge in [-0.3, -0.25) is 20.3 Å². The van der Waals surface area contributed by atoms with Crippen molar-refractivity contribution in [2.24, 2.45) is 0 Å². The van der Waals surface area contributed by atoms with Gasteiger partial charge >= 0.3 is 5.69 Å². The van der Waals surface area contributed by atoms with Gasteiger partial charge in [-0.1, -0.05) is 12.1 Å². The zero-order valence-electron chi connectivity index (χ0n) is 12.9. The Balaban J connectivity index is 2.41. The molecule has 1 heterocycles. The maximum absolute atomic E-state index is 11.4. The molecule has 0 aliphatic rings. The van der Waals surface area contributed by atoms with Gasteiger partial charge in [-0.25, -0.2) is 15.0 Å². The maximum Gasteiger partial charge on any atom is 0.354 e. The molecule has 9 heteroatoms. The first-order chi connectivity index (χ1) is 10.9. The summed E-state index contributed by atoms with van der Waals surface area (Å²) in [5, 5.41) is 15.8. The largest absolute Gasteiger partial charge is 0.354 e. The molecule has 0 aliphatic carbocycles. The quantitative estimate of drug-likeness (QED) is 0.474. The van der Waals surface area contributed by atoms with Crippen molar-refractivity contribution in [3.8, 4) is 0 Å². The lowest BCUT2D eigenvalue weighted by molar-refractivity contribution is -0.383. The predicted molar refractivity (Wildman–Crippen MR) is 85.7 cm³/mol. The average Bonchev–Trinajstić information content (AvgIpc) is 2.46. The van der Waals surface area contributed by atoms with Crippen LogP contribution in [0.15, 0.2) is 30.6 Å². The molecular formula is C14H16N6O3. The van der Waals surface area contributed by atoms with Crippen molar-refractivity contribution in [2.45, 2.75) is 6.92 Å². The van der Waals surface area contributed by atoms with E-state index in [2.05, 4.69) is 20.7 Å². The number of carbonyl (C=O) groups excluding carboxylic acids is 1. The van der Waals surface area contributed by atoms with E-state index >= 15 is 0 Å². The van der Waals surface area contributed by atoms with Gasteiger partial charge < -0.3 is 5.32 Å². The molecule has 0 aliphatic heterocycles. The summed E-state index contributed by atoms with van der Waals surface area (Å²) in [7, 11) is 3.38. The number of rotatable bonds is 6. The van der Waals surface area contributed by atoms with Gasteiger partial charge in [0.25, 0.3) is 0 Å². The molecule has 0 radical (unpaired) electrons. The Hall–Kier alpha value is -3.07. The molecule has 1 aromatic carbocycles. The zero-order valence-corrected chi connectivity index (χ0v) is 12.9. The third kappa shape index (κ3) is 3.98. The Morgan fingerprint density at radius 1 is 1.26 bits per heavy atom. The van der Waals surface area contributed by atoms with E-state index in [1.165, 1.54) is 18.3 Å². The van der Waals surface area contributed by atoms with E-state index in [1.807, 2.05) is 0 Å². The van der Waals surface area contributed by atoms with Gasteiger partial charge in [0.05, 0.1) is 4.92 Å². The van der Waals surface area contributed by atoms with Crippen LogP contribution in [-0.4, -0.2) is 39.8 Å². The topological polar surface area (TPSA) is 113 Å². The second kappa shape index (κ2) is 6.79. The van der Waals surface area contributed by atoms with Gasteiger partial charge in [0.1, 0.15) is 6.33 Å². The van der Waals surface area contributed by atoms with Crippen LogP contribution >= 0.6 is 0 Å². The molecule has 0 amide bonds. The number of Topliss-reactive ketones (excluding diaryl/α,β-unsaturated/α-hetero) is 1. The SMILES string of the molecule is CC(=O)c1cccc(Nc2ncnc(NN(C)C)c2[N+](=O)[O-])c1. The Bertz CT molecular complexity index is 747. The summed E-state index contributed by atoms with van der Waals surface area (Å²) in [6, 6.07) is 6.65. The van der Waals surface area contributed by atoms with Crippen LogP contribution in [0.2, 0.25) is 0 Å². The van der Waals surface area contributed by atoms with Gasteiger partial charge in [0.2, 0.25) is 11.6 Å². The lowest BCUT2D eigenvalue weighted by Gasteiger charge is -2.14. The van der Waals surface area contributed by atoms with Crippen LogP contribution < -0.4 is 10.7 Å². The number of ketones is 1. The molecule has 2 N–H and O–H groups in total. The van der Waals surface area contributed by atoms with Crippen molar-refractivity contribution in [3.05, 3.63) is 46.3 Å². The smallest absolute Gasteiger partial charge is 0.334 e. The highest BCUT2D eigenvalue weighted by Crippen LogP contribution is 2.31. The number of nitrogens with zero attached hydrogens (tertiary/aromatic N) is 4. The van der Waals surface area contributed by atoms with Crippen molar-refractivity contribution in [1.82, 2.24) is 15.0 Å². The van der Waals surface area contributed by atoms with Crippen LogP contribution in [0.25, 0.3) is 0 Å². The number of nitrogens with one attached hydrogen (secondary N) is 2. The molecule has 0 fully saturated rings. The summed E-state index contributed by atoms with van der Waals surface area (Å²) in [6.07, 6.45) is 1.22. The minimum Gasteiger partial charge on any atom is -0.334 e. The van der Waals surface area contributed by atoms with Crippen molar-refractivity contribution < 1.29 is 9.72 Å². The summed E-state index contributed by atoms with van der Waals surface area (Å²) in [6.45, 7) is 1.45. The highest BCUT2D eigenvalue weighted by Gasteiger charge is 2.23. The van der Waals surface area contributed by atoms with Gasteiger partial charge in [-0.15, -0.1) is 0 Å². The molecule has 0 unspecified atom stereocenters. The van der Waals surface area contributed by atoms with Gasteiger partial charge in [-0.2, -0.15) is 0 Å². The minimum atomic E-state index is -0.566. The summed E-state index contributed by atoms with van der Waals surface area (Å²) in [5.41, 5.74) is 3.50. The normalized spacial score (nSPS) is 10.4. The van der Waals surface area contributed by atoms with Crippen molar-refractivity contribution >= 4 is 28.8 Å². The molecule has 0 atom stereocenters. The Morgan fingerprint density at radius 2 is 1.96 bits per heavy atom. The fourth-order valence-electron chi connectivity index (χ4n) is 1.89. The van der Waals surface area contributed by atoms with E-state index in [1.54, 1.807) is 38.4 Å². The molecule has 1 aromatic heterocycles. The highest BCUT2D eigenvalue weighted by molar-refractivity contribution is 5.95. The molecule has 0 saturated carbocycles. The van der Waals surface area contributed by atoms with E-state index in [0.29, 0.717) is 11.3 Å². The maximum atomic E-state index is 11.4. The van der Waals surface area contributed by atoms with Crippen LogP contribution in [0.1, 0.15) is 17.3 Å². The lowest BCUT2D eigenvalue weighted by Crippen LogP contribution is -2.21. The average molecular weight is 316 g/mol. The number of benzene rings is 1. The van der Waals surface area contributed by atoms with E-state index in [9.17, 15) is 14.9 Å². The Kier molecular flexibility index (Phi) is 4.82. The molecule has 120 valence electrons. The fourth-order valence-corrected chi connectivity index (χ4v) is 1.89. The van der Waals surface area contributed by atoms with E-state index in [4.69, 9.17) is 0 Å². The summed E-state index contributed by atoms with van der Waals surface area (Å²) in [4.78, 5) is 30.0. The van der Waals surface area contributed by atoms with Crippen molar-refractivity contribution in [2.75, 3.05) is 24.8 Å². The van der Waals surface area contributed by atoms with E-state index in [0.717, 1.165) is 0 Å². The number of aromatic nitrogens is 2. The lowest BCUT2D eigenvalue weighted by atomic mass is 10.1. The first-order valence-electron chi connectivity index (χ1n) is 6.70. The van der Waals surface area contributed by atoms with E-state index in [-0.39, 0.29) is 23.1 Å². The van der Waals surface area contributed by atoms with Crippen molar-refractivity contribution in [1.29, 1.82) is 0 Å². The highest BCUT2D eigenvalue weighted by atomic mass is 16.6. The number of anilines is 3. The number of hydrogen-bond donors (Lipinski definition) is 2. The molecule has 2 rings (SSSR count). The van der Waals surface area contributed by atoms with Crippen molar-refractivity contribution in [3.63, 3.8) is 0 Å². The number of carbonyl (C=O) groups is 1. The Labute approximate surface area is 132 Å². The fraction of sp³-hybridized carbons (Fsp3) is 0.214. The van der Waals surface area contributed by atoms with Crippen LogP contribution in [0.3, 0.4) is 0 Å². The summed E-state index contributed by atoms with van der Waals surface area (Å²) < 4.78 is 0. The molecule has 0 bridgehead atoms. The van der Waals surface area contributed by atoms with E-state index < -0.39 is 4.92 Å². The number of nitro groups is 1. The third-order valence-electron chi connectivity index (χ3n) is 2.87. The molecule has 9 nitrogen and oxygen atoms in total. The first kappa shape index (κ1) is 16.3. The second-order valence-electron chi connectivity index (χ2n) is 4.94. The Morgan fingerprint density at radius 3 is 2.57 bits per heavy atom. The molecular weight excluding hydrogens is 300 g/mol. The molecule has 2 aromatic rings. The van der Waals surface area contributed by atoms with Gasteiger partial charge in [0, 0.05) is 25.3 Å². The van der Waals surface area contributed by atoms with Crippen LogP contribution in [0.4, 0.5) is 23.0 Å². The van der Waals surface area contributed by atoms with Crippen LogP contribution in [-0.2, 0) is 0 Å². The van der Waals surface area contributed by atoms with Crippen LogP contribution in [0, 0.1) is 10.1 Å². The zero-order chi connectivity index (χ0) is 17.0. The number of hydrogen-bond acceptors (Lipinski definition) is 8. The molecule has 0 spiro atoms. The third-order valence-corrected chi connectivity index (χ3v) is 2.87. The molecule has 23 heavy (non-hydrogen) atoms. The molecule has 0 saturated heterocycles. The monoisotopic (exact) mass is 316 g/mol. The first-order valence-corrected chi connectivity index (χ1v) is 6.70.